The van der Waals surface area contributed by atoms with Crippen LogP contribution in [-0.4, -0.2) is 6.71 Å². The van der Waals surface area contributed by atoms with Gasteiger partial charge in [-0.1, -0.05) is 207 Å². The Hall–Kier alpha value is -6.84. The molecule has 0 amide bonds. The summed E-state index contributed by atoms with van der Waals surface area (Å²) in [6.07, 6.45) is 4.66. The van der Waals surface area contributed by atoms with E-state index in [0.29, 0.717) is 0 Å². The van der Waals surface area contributed by atoms with Gasteiger partial charge in [0.2, 0.25) is 0 Å². The molecule has 77 heavy (non-hydrogen) atoms. The van der Waals surface area contributed by atoms with Gasteiger partial charge in [0.15, 0.2) is 0 Å². The Bertz CT molecular complexity index is 3810. The first kappa shape index (κ1) is 49.7. The summed E-state index contributed by atoms with van der Waals surface area (Å²) in [7, 11) is 0. The van der Waals surface area contributed by atoms with E-state index in [9.17, 15) is 0 Å². The van der Waals surface area contributed by atoms with Crippen LogP contribution in [0.15, 0.2) is 158 Å². The monoisotopic (exact) mass is 1000 g/mol. The molecule has 13 rings (SSSR count). The molecule has 0 aromatic heterocycles. The second-order valence-corrected chi connectivity index (χ2v) is 28.4. The summed E-state index contributed by atoms with van der Waals surface area (Å²) >= 11 is 0. The van der Waals surface area contributed by atoms with Crippen LogP contribution in [0.3, 0.4) is 0 Å². The third-order valence-electron chi connectivity index (χ3n) is 19.4. The van der Waals surface area contributed by atoms with E-state index in [2.05, 4.69) is 265 Å². The number of hydrogen-bond acceptors (Lipinski definition) is 2. The van der Waals surface area contributed by atoms with E-state index < -0.39 is 0 Å². The van der Waals surface area contributed by atoms with E-state index in [0.717, 1.165) is 24.8 Å². The third-order valence-corrected chi connectivity index (χ3v) is 19.4. The van der Waals surface area contributed by atoms with Gasteiger partial charge in [0.25, 0.3) is 6.71 Å². The predicted molar refractivity (Wildman–Crippen MR) is 333 cm³/mol. The van der Waals surface area contributed by atoms with Gasteiger partial charge in [0.1, 0.15) is 0 Å². The van der Waals surface area contributed by atoms with Gasteiger partial charge in [-0.3, -0.25) is 0 Å². The van der Waals surface area contributed by atoms with Crippen LogP contribution in [0, 0.1) is 0 Å². The Morgan fingerprint density at radius 1 is 0.390 bits per heavy atom. The number of fused-ring (bicyclic) bond motifs is 9. The maximum Gasteiger partial charge on any atom is 0.252 e. The van der Waals surface area contributed by atoms with Gasteiger partial charge >= 0.3 is 0 Å². The van der Waals surface area contributed by atoms with Crippen LogP contribution >= 0.6 is 0 Å². The lowest BCUT2D eigenvalue weighted by atomic mass is 9.33. The topological polar surface area (TPSA) is 6.48 Å². The minimum Gasteiger partial charge on any atom is -0.311 e. The third kappa shape index (κ3) is 7.56. The van der Waals surface area contributed by atoms with Crippen molar-refractivity contribution in [1.29, 1.82) is 0 Å². The molecular formula is C74H77BN2. The number of rotatable bonds is 4. The molecule has 2 aliphatic heterocycles. The van der Waals surface area contributed by atoms with E-state index in [1.165, 1.54) is 135 Å². The van der Waals surface area contributed by atoms with Crippen molar-refractivity contribution < 1.29 is 0 Å². The molecule has 0 spiro atoms. The average molecular weight is 1010 g/mol. The highest BCUT2D eigenvalue weighted by Crippen LogP contribution is 2.55. The van der Waals surface area contributed by atoms with Crippen molar-refractivity contribution in [3.8, 4) is 33.4 Å². The fourth-order valence-electron chi connectivity index (χ4n) is 14.4. The molecule has 0 radical (unpaired) electrons. The van der Waals surface area contributed by atoms with Crippen molar-refractivity contribution >= 4 is 62.8 Å². The zero-order valence-corrected chi connectivity index (χ0v) is 48.4. The summed E-state index contributed by atoms with van der Waals surface area (Å²) in [6.45, 7) is 38.7. The first-order valence-corrected chi connectivity index (χ1v) is 28.7. The summed E-state index contributed by atoms with van der Waals surface area (Å²) in [4.78, 5) is 5.41. The normalized spacial score (nSPS) is 17.9. The van der Waals surface area contributed by atoms with Crippen LogP contribution < -0.4 is 26.2 Å². The van der Waals surface area contributed by atoms with Crippen molar-refractivity contribution in [3.63, 3.8) is 0 Å². The van der Waals surface area contributed by atoms with Gasteiger partial charge in [-0.2, -0.15) is 0 Å². The average Bonchev–Trinajstić information content (AvgIpc) is 3.73. The van der Waals surface area contributed by atoms with Crippen LogP contribution in [0.25, 0.3) is 39.0 Å². The number of hydrogen-bond donors (Lipinski definition) is 0. The molecule has 5 aliphatic rings. The molecule has 3 heteroatoms. The molecule has 3 aliphatic carbocycles. The molecule has 0 fully saturated rings. The molecule has 0 saturated carbocycles. The lowest BCUT2D eigenvalue weighted by Gasteiger charge is -2.48. The first-order valence-electron chi connectivity index (χ1n) is 28.7. The lowest BCUT2D eigenvalue weighted by molar-refractivity contribution is 0.332. The maximum absolute atomic E-state index is 4.67. The van der Waals surface area contributed by atoms with E-state index in [1.807, 2.05) is 0 Å². The highest BCUT2D eigenvalue weighted by atomic mass is 15.2. The van der Waals surface area contributed by atoms with Crippen LogP contribution in [-0.2, 0) is 32.5 Å². The van der Waals surface area contributed by atoms with Gasteiger partial charge in [-0.25, -0.2) is 0 Å². The Morgan fingerprint density at radius 3 is 1.60 bits per heavy atom. The molecular weight excluding hydrogens is 928 g/mol. The number of benzene rings is 8. The quantitative estimate of drug-likeness (QED) is 0.162. The highest BCUT2D eigenvalue weighted by molar-refractivity contribution is 7.00. The van der Waals surface area contributed by atoms with Crippen molar-refractivity contribution in [2.24, 2.45) is 0 Å². The standard InChI is InChI=1S/C74H77BN2/c1-45-51-24-19-20-25-54(51)67-52(45)26-21-27-53(67)47-28-32-63-60(38-47)75-61-43-58-59(74(14,15)37-36-73(58,12)13)44-64(61)76(50-30-31-56-57(42-50)72(10,11)35-34-71(56,8)9)65-40-49(70(5,6)7)41-66(68(65)75)77(63)62-33-29-48(69(2,3)4)39-55(62)46-22-17-16-18-23-46/h16-33,38-44H,1,34-37H2,2-15H3. The molecule has 8 aromatic rings. The van der Waals surface area contributed by atoms with Gasteiger partial charge in [0, 0.05) is 34.0 Å². The number of anilines is 6. The minimum absolute atomic E-state index is 0.0104. The summed E-state index contributed by atoms with van der Waals surface area (Å²) in [5, 5.41) is 0. The summed E-state index contributed by atoms with van der Waals surface area (Å²) in [6, 6.07) is 59.8. The fraction of sp³-hybridized carbons (Fsp3) is 0.324. The van der Waals surface area contributed by atoms with Crippen LogP contribution in [0.4, 0.5) is 34.1 Å². The van der Waals surface area contributed by atoms with Crippen molar-refractivity contribution in [3.05, 3.63) is 203 Å². The largest absolute Gasteiger partial charge is 0.311 e. The van der Waals surface area contributed by atoms with Crippen LogP contribution in [0.5, 0.6) is 0 Å². The zero-order valence-electron chi connectivity index (χ0n) is 48.4. The molecule has 2 heterocycles. The van der Waals surface area contributed by atoms with Crippen LogP contribution in [0.1, 0.15) is 167 Å². The molecule has 0 N–H and O–H groups in total. The molecule has 0 unspecified atom stereocenters. The van der Waals surface area contributed by atoms with Gasteiger partial charge < -0.3 is 9.80 Å². The zero-order chi connectivity index (χ0) is 54.1. The predicted octanol–water partition coefficient (Wildman–Crippen LogP) is 18.4. The molecule has 0 bridgehead atoms. The molecule has 0 atom stereocenters. The van der Waals surface area contributed by atoms with Gasteiger partial charge in [-0.15, -0.1) is 0 Å². The van der Waals surface area contributed by atoms with E-state index >= 15 is 0 Å². The SMILES string of the molecule is C=C1c2ccccc2-c2c1cccc2-c1ccc2c(c1)B1c3cc4c(cc3N(c3ccc5c(c3)C(C)(C)CCC5(C)C)c3cc(C(C)(C)C)cc(c31)N2c1ccc(C(C)(C)C)cc1-c1ccccc1)C(C)(C)CCC4(C)C. The van der Waals surface area contributed by atoms with Crippen molar-refractivity contribution in [2.45, 2.75) is 155 Å². The highest BCUT2D eigenvalue weighted by Gasteiger charge is 2.48. The van der Waals surface area contributed by atoms with E-state index in [4.69, 9.17) is 0 Å². The Morgan fingerprint density at radius 2 is 0.935 bits per heavy atom. The fourth-order valence-corrected chi connectivity index (χ4v) is 14.4. The van der Waals surface area contributed by atoms with Gasteiger partial charge in [-0.05, 0) is 201 Å². The minimum atomic E-state index is -0.154. The smallest absolute Gasteiger partial charge is 0.252 e. The van der Waals surface area contributed by atoms with Gasteiger partial charge in [0.05, 0.1) is 5.69 Å². The molecule has 8 aromatic carbocycles. The first-order chi connectivity index (χ1) is 36.3. The Labute approximate surface area is 461 Å². The van der Waals surface area contributed by atoms with Crippen molar-refractivity contribution in [2.75, 3.05) is 9.80 Å². The van der Waals surface area contributed by atoms with E-state index in [-0.39, 0.29) is 39.2 Å². The maximum atomic E-state index is 4.67. The second-order valence-electron chi connectivity index (χ2n) is 28.4. The molecule has 386 valence electrons. The second kappa shape index (κ2) is 16.6. The van der Waals surface area contributed by atoms with Crippen molar-refractivity contribution in [1.82, 2.24) is 0 Å². The lowest BCUT2D eigenvalue weighted by Crippen LogP contribution is -2.62. The summed E-state index contributed by atoms with van der Waals surface area (Å²) < 4.78 is 0. The molecule has 0 saturated heterocycles. The number of nitrogens with zero attached hydrogens (tertiary/aromatic N) is 2. The van der Waals surface area contributed by atoms with E-state index in [1.54, 1.807) is 0 Å². The Balaban J connectivity index is 1.18. The molecule has 2 nitrogen and oxygen atoms in total. The summed E-state index contributed by atoms with van der Waals surface area (Å²) in [5.41, 5.74) is 31.3. The summed E-state index contributed by atoms with van der Waals surface area (Å²) in [5.74, 6) is 0. The Kier molecular flexibility index (Phi) is 10.7. The van der Waals surface area contributed by atoms with Crippen LogP contribution in [0.2, 0.25) is 0 Å².